The fourth-order valence-corrected chi connectivity index (χ4v) is 1.96. The molecular weight excluding hydrogens is 223 g/mol. The Hall–Kier alpha value is -0.780. The molecule has 3 nitrogen and oxygen atoms in total. The highest BCUT2D eigenvalue weighted by Gasteiger charge is 2.28. The van der Waals surface area contributed by atoms with E-state index in [4.69, 9.17) is 5.11 Å². The molecule has 94 valence electrons. The Morgan fingerprint density at radius 3 is 2.69 bits per heavy atom. The van der Waals surface area contributed by atoms with Gasteiger partial charge in [0.1, 0.15) is 0 Å². The lowest BCUT2D eigenvalue weighted by Gasteiger charge is -2.30. The summed E-state index contributed by atoms with van der Waals surface area (Å²) in [5.74, 6) is -1.26. The molecule has 0 saturated carbocycles. The maximum atomic E-state index is 11.9. The van der Waals surface area contributed by atoms with Crippen LogP contribution in [0.5, 0.6) is 0 Å². The molecule has 0 amide bonds. The minimum Gasteiger partial charge on any atom is -0.481 e. The van der Waals surface area contributed by atoms with Gasteiger partial charge in [0, 0.05) is 13.0 Å². The van der Waals surface area contributed by atoms with E-state index in [1.54, 1.807) is 0 Å². The molecule has 1 saturated heterocycles. The Labute approximate surface area is 92.2 Å². The summed E-state index contributed by atoms with van der Waals surface area (Å²) in [5.41, 5.74) is 0. The van der Waals surface area contributed by atoms with E-state index in [1.807, 2.05) is 4.90 Å². The zero-order valence-corrected chi connectivity index (χ0v) is 8.96. The smallest absolute Gasteiger partial charge is 0.389 e. The van der Waals surface area contributed by atoms with Gasteiger partial charge in [0.2, 0.25) is 0 Å². The van der Waals surface area contributed by atoms with Crippen LogP contribution in [0.2, 0.25) is 0 Å². The standard InChI is InChI=1S/C10H16F3NO2/c11-10(12,13)4-2-6-14-5-1-3-8(7-14)9(15)16/h8H,1-7H2,(H,15,16). The van der Waals surface area contributed by atoms with E-state index in [0.717, 1.165) is 6.42 Å². The Morgan fingerprint density at radius 1 is 1.44 bits per heavy atom. The van der Waals surface area contributed by atoms with Crippen LogP contribution in [0.1, 0.15) is 25.7 Å². The minimum atomic E-state index is -4.11. The van der Waals surface area contributed by atoms with Gasteiger partial charge in [0.15, 0.2) is 0 Å². The molecule has 1 rings (SSSR count). The summed E-state index contributed by atoms with van der Waals surface area (Å²) in [5, 5.41) is 8.80. The molecule has 0 bridgehead atoms. The molecule has 1 N–H and O–H groups in total. The maximum absolute atomic E-state index is 11.9. The van der Waals surface area contributed by atoms with Crippen LogP contribution in [0.3, 0.4) is 0 Å². The quantitative estimate of drug-likeness (QED) is 0.817. The van der Waals surface area contributed by atoms with Crippen molar-refractivity contribution < 1.29 is 23.1 Å². The average molecular weight is 239 g/mol. The molecule has 1 fully saturated rings. The molecule has 0 aromatic heterocycles. The maximum Gasteiger partial charge on any atom is 0.389 e. The normalized spacial score (nSPS) is 23.3. The van der Waals surface area contributed by atoms with Gasteiger partial charge >= 0.3 is 12.1 Å². The van der Waals surface area contributed by atoms with E-state index in [9.17, 15) is 18.0 Å². The number of carboxylic acids is 1. The largest absolute Gasteiger partial charge is 0.481 e. The molecule has 1 aliphatic rings. The Balaban J connectivity index is 2.24. The fourth-order valence-electron chi connectivity index (χ4n) is 1.96. The van der Waals surface area contributed by atoms with Crippen LogP contribution in [0.4, 0.5) is 13.2 Å². The van der Waals surface area contributed by atoms with Gasteiger partial charge in [-0.1, -0.05) is 0 Å². The first-order chi connectivity index (χ1) is 7.38. The Bertz CT molecular complexity index is 243. The topological polar surface area (TPSA) is 40.5 Å². The number of piperidine rings is 1. The van der Waals surface area contributed by atoms with Crippen molar-refractivity contribution in [1.82, 2.24) is 4.90 Å². The van der Waals surface area contributed by atoms with Crippen LogP contribution in [-0.2, 0) is 4.79 Å². The van der Waals surface area contributed by atoms with Crippen molar-refractivity contribution in [3.63, 3.8) is 0 Å². The van der Waals surface area contributed by atoms with Gasteiger partial charge in [0.05, 0.1) is 5.92 Å². The summed E-state index contributed by atoms with van der Waals surface area (Å²) in [6.07, 6.45) is -3.47. The van der Waals surface area contributed by atoms with Crippen LogP contribution in [0.15, 0.2) is 0 Å². The van der Waals surface area contributed by atoms with E-state index in [2.05, 4.69) is 0 Å². The first-order valence-corrected chi connectivity index (χ1v) is 5.40. The summed E-state index contributed by atoms with van der Waals surface area (Å²) in [4.78, 5) is 12.5. The zero-order chi connectivity index (χ0) is 12.2. The molecule has 0 spiro atoms. The fraction of sp³-hybridized carbons (Fsp3) is 0.900. The predicted octanol–water partition coefficient (Wildman–Crippen LogP) is 2.13. The monoisotopic (exact) mass is 239 g/mol. The molecular formula is C10H16F3NO2. The molecule has 6 heteroatoms. The summed E-state index contributed by atoms with van der Waals surface area (Å²) >= 11 is 0. The summed E-state index contributed by atoms with van der Waals surface area (Å²) in [7, 11) is 0. The van der Waals surface area contributed by atoms with Crippen molar-refractivity contribution in [3.8, 4) is 0 Å². The Morgan fingerprint density at radius 2 is 2.12 bits per heavy atom. The van der Waals surface area contributed by atoms with Crippen molar-refractivity contribution in [2.75, 3.05) is 19.6 Å². The highest BCUT2D eigenvalue weighted by atomic mass is 19.4. The van der Waals surface area contributed by atoms with E-state index in [0.29, 0.717) is 26.1 Å². The highest BCUT2D eigenvalue weighted by Crippen LogP contribution is 2.22. The number of carbonyl (C=O) groups is 1. The molecule has 1 aliphatic heterocycles. The SMILES string of the molecule is O=C(O)C1CCCN(CCCC(F)(F)F)C1. The molecule has 0 radical (unpaired) electrons. The minimum absolute atomic E-state index is 0.0514. The van der Waals surface area contributed by atoms with Gasteiger partial charge in [0.25, 0.3) is 0 Å². The van der Waals surface area contributed by atoms with E-state index >= 15 is 0 Å². The third kappa shape index (κ3) is 4.83. The van der Waals surface area contributed by atoms with E-state index < -0.39 is 24.5 Å². The van der Waals surface area contributed by atoms with Crippen LogP contribution in [0.25, 0.3) is 0 Å². The van der Waals surface area contributed by atoms with Crippen LogP contribution < -0.4 is 0 Å². The lowest BCUT2D eigenvalue weighted by Crippen LogP contribution is -2.39. The van der Waals surface area contributed by atoms with Gasteiger partial charge in [-0.05, 0) is 32.4 Å². The van der Waals surface area contributed by atoms with E-state index in [-0.39, 0.29) is 6.42 Å². The first kappa shape index (κ1) is 13.3. The molecule has 0 aromatic rings. The third-order valence-corrected chi connectivity index (χ3v) is 2.79. The van der Waals surface area contributed by atoms with Crippen molar-refractivity contribution in [2.45, 2.75) is 31.9 Å². The molecule has 1 heterocycles. The average Bonchev–Trinajstić information content (AvgIpc) is 2.16. The summed E-state index contributed by atoms with van der Waals surface area (Å²) in [6, 6.07) is 0. The number of nitrogens with zero attached hydrogens (tertiary/aromatic N) is 1. The van der Waals surface area contributed by atoms with Crippen molar-refractivity contribution in [2.24, 2.45) is 5.92 Å². The van der Waals surface area contributed by atoms with Crippen LogP contribution in [0, 0.1) is 5.92 Å². The first-order valence-electron chi connectivity index (χ1n) is 5.40. The summed E-state index contributed by atoms with van der Waals surface area (Å²) < 4.78 is 35.7. The number of rotatable bonds is 4. The molecule has 0 aliphatic carbocycles. The lowest BCUT2D eigenvalue weighted by atomic mass is 9.98. The second-order valence-corrected chi connectivity index (χ2v) is 4.20. The predicted molar refractivity (Wildman–Crippen MR) is 52.1 cm³/mol. The summed E-state index contributed by atoms with van der Waals surface area (Å²) in [6.45, 7) is 1.43. The van der Waals surface area contributed by atoms with Gasteiger partial charge in [-0.3, -0.25) is 4.79 Å². The molecule has 16 heavy (non-hydrogen) atoms. The van der Waals surface area contributed by atoms with Gasteiger partial charge in [-0.2, -0.15) is 13.2 Å². The van der Waals surface area contributed by atoms with Crippen molar-refractivity contribution >= 4 is 5.97 Å². The van der Waals surface area contributed by atoms with E-state index in [1.165, 1.54) is 0 Å². The van der Waals surface area contributed by atoms with Crippen molar-refractivity contribution in [3.05, 3.63) is 0 Å². The molecule has 0 aromatic carbocycles. The number of aliphatic carboxylic acids is 1. The van der Waals surface area contributed by atoms with Crippen LogP contribution in [-0.4, -0.2) is 41.8 Å². The number of hydrogen-bond donors (Lipinski definition) is 1. The van der Waals surface area contributed by atoms with Gasteiger partial charge in [-0.15, -0.1) is 0 Å². The molecule has 1 unspecified atom stereocenters. The number of alkyl halides is 3. The van der Waals surface area contributed by atoms with Crippen LogP contribution >= 0.6 is 0 Å². The number of carboxylic acid groups (broad SMARTS) is 1. The molecule has 1 atom stereocenters. The Kier molecular flexibility index (Phi) is 4.58. The number of halogens is 3. The third-order valence-electron chi connectivity index (χ3n) is 2.79. The van der Waals surface area contributed by atoms with Crippen molar-refractivity contribution in [1.29, 1.82) is 0 Å². The number of hydrogen-bond acceptors (Lipinski definition) is 2. The van der Waals surface area contributed by atoms with Gasteiger partial charge < -0.3 is 10.0 Å². The zero-order valence-electron chi connectivity index (χ0n) is 8.96. The second-order valence-electron chi connectivity index (χ2n) is 4.20. The number of likely N-dealkylation sites (tertiary alicyclic amines) is 1. The second kappa shape index (κ2) is 5.52. The lowest BCUT2D eigenvalue weighted by molar-refractivity contribution is -0.144. The highest BCUT2D eigenvalue weighted by molar-refractivity contribution is 5.70. The van der Waals surface area contributed by atoms with Gasteiger partial charge in [-0.25, -0.2) is 0 Å².